The first-order valence-corrected chi connectivity index (χ1v) is 12.2. The number of benzene rings is 1. The van der Waals surface area contributed by atoms with E-state index in [2.05, 4.69) is 11.4 Å². The second-order valence-electron chi connectivity index (χ2n) is 7.91. The number of aryl methyl sites for hydroxylation is 2. The Balaban J connectivity index is 1.85. The fourth-order valence-corrected chi connectivity index (χ4v) is 6.20. The smallest absolute Gasteiger partial charge is 0.307 e. The highest BCUT2D eigenvalue weighted by molar-refractivity contribution is 8.04. The van der Waals surface area contributed by atoms with Gasteiger partial charge in [-0.3, -0.25) is 19.3 Å². The first-order valence-electron chi connectivity index (χ1n) is 10.4. The lowest BCUT2D eigenvalue weighted by Crippen LogP contribution is -2.39. The second-order valence-corrected chi connectivity index (χ2v) is 10.1. The lowest BCUT2D eigenvalue weighted by molar-refractivity contribution is -0.142. The summed E-state index contributed by atoms with van der Waals surface area (Å²) in [6, 6.07) is 11.4. The minimum atomic E-state index is -0.813. The molecule has 1 saturated heterocycles. The van der Waals surface area contributed by atoms with Crippen LogP contribution >= 0.6 is 23.1 Å². The minimum absolute atomic E-state index is 0.0242. The molecule has 1 fully saturated rings. The van der Waals surface area contributed by atoms with Crippen molar-refractivity contribution in [1.29, 1.82) is 5.26 Å². The Morgan fingerprint density at radius 2 is 2.06 bits per heavy atom. The summed E-state index contributed by atoms with van der Waals surface area (Å²) in [5.41, 5.74) is 9.25. The molecule has 3 N–H and O–H groups in total. The zero-order valence-electron chi connectivity index (χ0n) is 18.7. The van der Waals surface area contributed by atoms with Gasteiger partial charge in [0.2, 0.25) is 5.91 Å². The van der Waals surface area contributed by atoms with Gasteiger partial charge in [0.15, 0.2) is 0 Å². The van der Waals surface area contributed by atoms with Gasteiger partial charge in [-0.15, -0.1) is 11.3 Å². The van der Waals surface area contributed by atoms with Crippen molar-refractivity contribution in [3.8, 4) is 6.07 Å². The van der Waals surface area contributed by atoms with Crippen molar-refractivity contribution in [2.24, 2.45) is 5.73 Å². The SMILES string of the molecule is COC(=O)C[C@@H]1SC2=C(C(=O)Nc3ccc(C)cc3C)[C@H](c3cccs3)C(C#N)=C(N)N2C1=O. The molecule has 0 unspecified atom stereocenters. The van der Waals surface area contributed by atoms with E-state index in [1.54, 1.807) is 0 Å². The van der Waals surface area contributed by atoms with Crippen LogP contribution in [0.2, 0.25) is 0 Å². The number of allylic oxidation sites excluding steroid dienone is 1. The lowest BCUT2D eigenvalue weighted by atomic mass is 9.87. The Morgan fingerprint density at radius 3 is 2.68 bits per heavy atom. The first kappa shape index (κ1) is 23.6. The van der Waals surface area contributed by atoms with Gasteiger partial charge in [0.1, 0.15) is 11.1 Å². The van der Waals surface area contributed by atoms with Gasteiger partial charge in [0, 0.05) is 10.6 Å². The predicted molar refractivity (Wildman–Crippen MR) is 130 cm³/mol. The van der Waals surface area contributed by atoms with Gasteiger partial charge in [-0.05, 0) is 36.9 Å². The fraction of sp³-hybridized carbons (Fsp3) is 0.250. The maximum absolute atomic E-state index is 13.7. The number of amides is 2. The number of methoxy groups -OCH3 is 1. The van der Waals surface area contributed by atoms with Crippen LogP contribution < -0.4 is 11.1 Å². The van der Waals surface area contributed by atoms with Crippen molar-refractivity contribution in [2.45, 2.75) is 31.4 Å². The molecule has 0 spiro atoms. The van der Waals surface area contributed by atoms with Crippen LogP contribution in [0.4, 0.5) is 5.69 Å². The normalized spacial score (nSPS) is 19.7. The first-order chi connectivity index (χ1) is 16.3. The second kappa shape index (κ2) is 9.37. The summed E-state index contributed by atoms with van der Waals surface area (Å²) in [5, 5.41) is 14.3. The number of carbonyl (C=O) groups is 3. The summed E-state index contributed by atoms with van der Waals surface area (Å²) >= 11 is 2.48. The Hall–Kier alpha value is -3.55. The number of rotatable bonds is 5. The van der Waals surface area contributed by atoms with Crippen LogP contribution in [0.1, 0.15) is 28.3 Å². The van der Waals surface area contributed by atoms with E-state index in [1.165, 1.54) is 23.3 Å². The molecule has 34 heavy (non-hydrogen) atoms. The summed E-state index contributed by atoms with van der Waals surface area (Å²) < 4.78 is 4.73. The van der Waals surface area contributed by atoms with E-state index >= 15 is 0 Å². The third-order valence-electron chi connectivity index (χ3n) is 5.68. The lowest BCUT2D eigenvalue weighted by Gasteiger charge is -2.31. The number of esters is 1. The molecule has 2 aliphatic heterocycles. The van der Waals surface area contributed by atoms with Gasteiger partial charge in [-0.25, -0.2) is 0 Å². The Kier molecular flexibility index (Phi) is 6.50. The molecule has 2 aromatic rings. The van der Waals surface area contributed by atoms with E-state index in [0.717, 1.165) is 27.8 Å². The molecule has 0 radical (unpaired) electrons. The van der Waals surface area contributed by atoms with Crippen LogP contribution in [0.3, 0.4) is 0 Å². The van der Waals surface area contributed by atoms with Crippen molar-refractivity contribution in [1.82, 2.24) is 4.90 Å². The third-order valence-corrected chi connectivity index (χ3v) is 7.90. The quantitative estimate of drug-likeness (QED) is 0.609. The highest BCUT2D eigenvalue weighted by atomic mass is 32.2. The van der Waals surface area contributed by atoms with Crippen molar-refractivity contribution in [3.05, 3.63) is 73.7 Å². The van der Waals surface area contributed by atoms with Gasteiger partial charge >= 0.3 is 5.97 Å². The molecule has 2 amide bonds. The molecule has 2 atom stereocenters. The van der Waals surface area contributed by atoms with E-state index < -0.39 is 29.0 Å². The number of nitrogens with one attached hydrogen (secondary N) is 1. The number of thioether (sulfide) groups is 1. The number of carbonyl (C=O) groups excluding carboxylic acids is 3. The minimum Gasteiger partial charge on any atom is -0.469 e. The molecule has 8 nitrogen and oxygen atoms in total. The highest BCUT2D eigenvalue weighted by Crippen LogP contribution is 2.50. The summed E-state index contributed by atoms with van der Waals surface area (Å²) in [6.07, 6.45) is -0.176. The van der Waals surface area contributed by atoms with Crippen LogP contribution in [-0.4, -0.2) is 35.0 Å². The van der Waals surface area contributed by atoms with Gasteiger partial charge < -0.3 is 15.8 Å². The molecule has 0 aliphatic carbocycles. The van der Waals surface area contributed by atoms with E-state index in [-0.39, 0.29) is 23.4 Å². The average molecular weight is 495 g/mol. The maximum atomic E-state index is 13.7. The number of nitrogens with two attached hydrogens (primary N) is 1. The number of ether oxygens (including phenoxy) is 1. The molecular formula is C24H22N4O4S2. The van der Waals surface area contributed by atoms with Crippen LogP contribution in [0.5, 0.6) is 0 Å². The van der Waals surface area contributed by atoms with Crippen LogP contribution in [0.15, 0.2) is 57.7 Å². The highest BCUT2D eigenvalue weighted by Gasteiger charge is 2.48. The van der Waals surface area contributed by atoms with Crippen molar-refractivity contribution < 1.29 is 19.1 Å². The molecule has 10 heteroatoms. The van der Waals surface area contributed by atoms with Crippen molar-refractivity contribution in [3.63, 3.8) is 0 Å². The van der Waals surface area contributed by atoms with Gasteiger partial charge in [0.25, 0.3) is 5.91 Å². The molecular weight excluding hydrogens is 472 g/mol. The number of thiophene rings is 1. The largest absolute Gasteiger partial charge is 0.469 e. The molecule has 2 aliphatic rings. The molecule has 4 rings (SSSR count). The van der Waals surface area contributed by atoms with Gasteiger partial charge in [-0.1, -0.05) is 35.5 Å². The van der Waals surface area contributed by atoms with Crippen molar-refractivity contribution >= 4 is 46.6 Å². The Morgan fingerprint density at radius 1 is 1.29 bits per heavy atom. The zero-order valence-corrected chi connectivity index (χ0v) is 20.4. The summed E-state index contributed by atoms with van der Waals surface area (Å²) in [4.78, 5) is 40.8. The third kappa shape index (κ3) is 4.08. The Labute approximate surface area is 205 Å². The monoisotopic (exact) mass is 494 g/mol. The predicted octanol–water partition coefficient (Wildman–Crippen LogP) is 3.51. The van der Waals surface area contributed by atoms with Gasteiger partial charge in [-0.2, -0.15) is 5.26 Å². The molecule has 3 heterocycles. The van der Waals surface area contributed by atoms with E-state index in [0.29, 0.717) is 10.7 Å². The number of nitriles is 1. The molecule has 0 saturated carbocycles. The van der Waals surface area contributed by atoms with Crippen LogP contribution in [-0.2, 0) is 19.1 Å². The summed E-state index contributed by atoms with van der Waals surface area (Å²) in [5.74, 6) is -2.21. The molecule has 1 aromatic carbocycles. The maximum Gasteiger partial charge on any atom is 0.307 e. The number of hydrogen-bond donors (Lipinski definition) is 2. The fourth-order valence-electron chi connectivity index (χ4n) is 4.03. The average Bonchev–Trinajstić information content (AvgIpc) is 3.44. The summed E-state index contributed by atoms with van der Waals surface area (Å²) in [7, 11) is 1.25. The van der Waals surface area contributed by atoms with E-state index in [1.807, 2.05) is 49.6 Å². The standard InChI is InChI=1S/C24H22N4O4S2/c1-12-6-7-15(13(2)9-12)27-22(30)20-19(16-5-4-8-33-16)14(11-25)21(26)28-23(31)17(34-24(20)28)10-18(29)32-3/h4-9,17,19H,10,26H2,1-3H3,(H,27,30)/t17-,19-/m0/s1. The number of hydrogen-bond acceptors (Lipinski definition) is 8. The topological polar surface area (TPSA) is 126 Å². The number of nitrogens with zero attached hydrogens (tertiary/aromatic N) is 2. The van der Waals surface area contributed by atoms with Crippen LogP contribution in [0, 0.1) is 25.2 Å². The molecule has 174 valence electrons. The Bertz CT molecular complexity index is 1290. The zero-order chi connectivity index (χ0) is 24.6. The number of fused-ring (bicyclic) bond motifs is 1. The molecule has 0 bridgehead atoms. The van der Waals surface area contributed by atoms with Crippen molar-refractivity contribution in [2.75, 3.05) is 12.4 Å². The van der Waals surface area contributed by atoms with Crippen LogP contribution in [0.25, 0.3) is 0 Å². The summed E-state index contributed by atoms with van der Waals surface area (Å²) in [6.45, 7) is 3.85. The van der Waals surface area contributed by atoms with Gasteiger partial charge in [0.05, 0.1) is 41.7 Å². The molecule has 1 aromatic heterocycles. The number of anilines is 1. The van der Waals surface area contributed by atoms with E-state index in [9.17, 15) is 19.6 Å². The van der Waals surface area contributed by atoms with E-state index in [4.69, 9.17) is 10.5 Å².